The Kier molecular flexibility index (Phi) is 5.02. The van der Waals surface area contributed by atoms with Gasteiger partial charge in [-0.25, -0.2) is 9.18 Å². The van der Waals surface area contributed by atoms with Gasteiger partial charge in [0.05, 0.1) is 5.56 Å². The molecule has 0 fully saturated rings. The van der Waals surface area contributed by atoms with E-state index in [1.54, 1.807) is 31.2 Å². The fraction of sp³-hybridized carbons (Fsp3) is 0.211. The lowest BCUT2D eigenvalue weighted by Crippen LogP contribution is -2.29. The zero-order chi connectivity index (χ0) is 16.9. The summed E-state index contributed by atoms with van der Waals surface area (Å²) in [5.74, 6) is 1.64. The average molecular weight is 312 g/mol. The molecule has 0 bridgehead atoms. The Balaban J connectivity index is 2.23. The summed E-state index contributed by atoms with van der Waals surface area (Å²) in [4.78, 5) is 12.1. The van der Waals surface area contributed by atoms with Crippen molar-refractivity contribution in [1.82, 2.24) is 0 Å². The van der Waals surface area contributed by atoms with E-state index in [1.807, 2.05) is 13.0 Å². The maximum Gasteiger partial charge on any atom is 0.343 e. The first-order valence-electron chi connectivity index (χ1n) is 7.21. The van der Waals surface area contributed by atoms with Gasteiger partial charge >= 0.3 is 5.97 Å². The molecule has 0 aliphatic heterocycles. The van der Waals surface area contributed by atoms with Gasteiger partial charge in [0.25, 0.3) is 0 Å². The number of rotatable bonds is 5. The molecular weight excluding hydrogens is 295 g/mol. The maximum absolute atomic E-state index is 13.9. The summed E-state index contributed by atoms with van der Waals surface area (Å²) in [6.07, 6.45) is 5.93. The van der Waals surface area contributed by atoms with Gasteiger partial charge in [-0.1, -0.05) is 31.0 Å². The summed E-state index contributed by atoms with van der Waals surface area (Å²) in [5, 5.41) is 0. The monoisotopic (exact) mass is 312 g/mol. The molecule has 0 N–H and O–H groups in total. The van der Waals surface area contributed by atoms with E-state index in [9.17, 15) is 9.18 Å². The van der Waals surface area contributed by atoms with Gasteiger partial charge in [-0.15, -0.1) is 6.42 Å². The smallest absolute Gasteiger partial charge is 0.343 e. The second kappa shape index (κ2) is 6.97. The fourth-order valence-corrected chi connectivity index (χ4v) is 1.81. The van der Waals surface area contributed by atoms with Crippen molar-refractivity contribution in [2.45, 2.75) is 25.9 Å². The predicted molar refractivity (Wildman–Crippen MR) is 86.0 cm³/mol. The Morgan fingerprint density at radius 2 is 1.96 bits per heavy atom. The minimum atomic E-state index is -0.942. The van der Waals surface area contributed by atoms with E-state index in [-0.39, 0.29) is 11.3 Å². The first kappa shape index (κ1) is 16.6. The summed E-state index contributed by atoms with van der Waals surface area (Å²) in [5.41, 5.74) is -0.760. The van der Waals surface area contributed by atoms with Crippen LogP contribution in [0.1, 0.15) is 30.6 Å². The topological polar surface area (TPSA) is 35.5 Å². The Labute approximate surface area is 135 Å². The van der Waals surface area contributed by atoms with E-state index in [4.69, 9.17) is 15.9 Å². The predicted octanol–water partition coefficient (Wildman–Crippen LogP) is 4.23. The van der Waals surface area contributed by atoms with Crippen molar-refractivity contribution < 1.29 is 18.7 Å². The second-order valence-electron chi connectivity index (χ2n) is 5.18. The molecule has 0 amide bonds. The molecule has 0 heterocycles. The number of esters is 1. The molecule has 3 nitrogen and oxygen atoms in total. The number of ether oxygens (including phenoxy) is 2. The Hall–Kier alpha value is -2.80. The number of hydrogen-bond donors (Lipinski definition) is 0. The van der Waals surface area contributed by atoms with Crippen molar-refractivity contribution in [2.24, 2.45) is 0 Å². The van der Waals surface area contributed by atoms with E-state index in [0.29, 0.717) is 12.2 Å². The van der Waals surface area contributed by atoms with Crippen LogP contribution in [-0.2, 0) is 0 Å². The van der Waals surface area contributed by atoms with Crippen LogP contribution in [0.25, 0.3) is 0 Å². The first-order chi connectivity index (χ1) is 11.0. The van der Waals surface area contributed by atoms with Gasteiger partial charge in [0.2, 0.25) is 0 Å². The van der Waals surface area contributed by atoms with Crippen molar-refractivity contribution >= 4 is 5.97 Å². The highest BCUT2D eigenvalue weighted by Gasteiger charge is 2.23. The number of terminal acetylenes is 1. The Bertz CT molecular complexity index is 734. The maximum atomic E-state index is 13.9. The highest BCUT2D eigenvalue weighted by Crippen LogP contribution is 2.26. The highest BCUT2D eigenvalue weighted by atomic mass is 19.1. The van der Waals surface area contributed by atoms with Crippen LogP contribution >= 0.6 is 0 Å². The summed E-state index contributed by atoms with van der Waals surface area (Å²) < 4.78 is 24.7. The molecule has 0 radical (unpaired) electrons. The molecule has 0 spiro atoms. The van der Waals surface area contributed by atoms with Crippen LogP contribution in [0.3, 0.4) is 0 Å². The standard InChI is InChI=1S/C19H17FO3/c1-4-19(3,5-2)23-17-13-14(11-12-16(17)20)18(21)22-15-9-7-6-8-10-15/h1,6-13H,5H2,2-3H3. The minimum Gasteiger partial charge on any atom is -0.472 e. The SMILES string of the molecule is C#CC(C)(CC)Oc1cc(C(=O)Oc2ccccc2)ccc1F. The third-order valence-corrected chi connectivity index (χ3v) is 3.44. The molecule has 2 aromatic rings. The Morgan fingerprint density at radius 3 is 2.57 bits per heavy atom. The first-order valence-corrected chi connectivity index (χ1v) is 7.21. The summed E-state index contributed by atoms with van der Waals surface area (Å²) in [6.45, 7) is 3.52. The number of benzene rings is 2. The highest BCUT2D eigenvalue weighted by molar-refractivity contribution is 5.91. The van der Waals surface area contributed by atoms with Crippen molar-refractivity contribution in [2.75, 3.05) is 0 Å². The summed E-state index contributed by atoms with van der Waals surface area (Å²) in [7, 11) is 0. The largest absolute Gasteiger partial charge is 0.472 e. The van der Waals surface area contributed by atoms with Gasteiger partial charge in [0, 0.05) is 0 Å². The molecule has 0 aromatic heterocycles. The normalized spacial score (nSPS) is 12.8. The third kappa shape index (κ3) is 4.10. The van der Waals surface area contributed by atoms with Gasteiger partial charge in [-0.3, -0.25) is 0 Å². The quantitative estimate of drug-likeness (QED) is 0.471. The summed E-state index contributed by atoms with van der Waals surface area (Å²) in [6, 6.07) is 12.4. The van der Waals surface area contributed by atoms with Gasteiger partial charge in [-0.2, -0.15) is 0 Å². The third-order valence-electron chi connectivity index (χ3n) is 3.44. The van der Waals surface area contributed by atoms with Crippen LogP contribution in [-0.4, -0.2) is 11.6 Å². The van der Waals surface area contributed by atoms with E-state index < -0.39 is 17.4 Å². The van der Waals surface area contributed by atoms with Crippen molar-refractivity contribution in [3.63, 3.8) is 0 Å². The molecule has 4 heteroatoms. The van der Waals surface area contributed by atoms with Crippen molar-refractivity contribution in [1.29, 1.82) is 0 Å². The molecule has 0 aliphatic rings. The zero-order valence-corrected chi connectivity index (χ0v) is 13.0. The number of halogens is 1. The molecule has 1 unspecified atom stereocenters. The number of hydrogen-bond acceptors (Lipinski definition) is 3. The van der Waals surface area contributed by atoms with E-state index in [2.05, 4.69) is 5.92 Å². The second-order valence-corrected chi connectivity index (χ2v) is 5.18. The van der Waals surface area contributed by atoms with Crippen LogP contribution in [0.5, 0.6) is 11.5 Å². The number of carbonyl (C=O) groups excluding carboxylic acids is 1. The van der Waals surface area contributed by atoms with E-state index in [1.165, 1.54) is 12.1 Å². The van der Waals surface area contributed by atoms with Gasteiger partial charge in [0.15, 0.2) is 17.2 Å². The van der Waals surface area contributed by atoms with E-state index in [0.717, 1.165) is 6.07 Å². The lowest BCUT2D eigenvalue weighted by atomic mass is 10.0. The number of para-hydroxylation sites is 1. The lowest BCUT2D eigenvalue weighted by Gasteiger charge is -2.24. The van der Waals surface area contributed by atoms with Crippen LogP contribution in [0.2, 0.25) is 0 Å². The summed E-state index contributed by atoms with van der Waals surface area (Å²) >= 11 is 0. The molecule has 23 heavy (non-hydrogen) atoms. The van der Waals surface area contributed by atoms with Crippen LogP contribution in [0.15, 0.2) is 48.5 Å². The average Bonchev–Trinajstić information content (AvgIpc) is 2.57. The molecule has 2 rings (SSSR count). The molecule has 0 aliphatic carbocycles. The van der Waals surface area contributed by atoms with Crippen molar-refractivity contribution in [3.05, 3.63) is 59.9 Å². The zero-order valence-electron chi connectivity index (χ0n) is 13.0. The van der Waals surface area contributed by atoms with E-state index >= 15 is 0 Å². The fourth-order valence-electron chi connectivity index (χ4n) is 1.81. The van der Waals surface area contributed by atoms with Crippen molar-refractivity contribution in [3.8, 4) is 23.8 Å². The molecule has 0 saturated carbocycles. The molecule has 1 atom stereocenters. The number of carbonyl (C=O) groups is 1. The van der Waals surface area contributed by atoms with Crippen LogP contribution in [0, 0.1) is 18.2 Å². The molecular formula is C19H17FO3. The molecule has 2 aromatic carbocycles. The lowest BCUT2D eigenvalue weighted by molar-refractivity contribution is 0.0732. The van der Waals surface area contributed by atoms with Gasteiger partial charge in [-0.05, 0) is 43.7 Å². The Morgan fingerprint density at radius 1 is 1.26 bits per heavy atom. The van der Waals surface area contributed by atoms with Crippen LogP contribution in [0.4, 0.5) is 4.39 Å². The van der Waals surface area contributed by atoms with Gasteiger partial charge < -0.3 is 9.47 Å². The van der Waals surface area contributed by atoms with Gasteiger partial charge in [0.1, 0.15) is 5.75 Å². The molecule has 0 saturated heterocycles. The minimum absolute atomic E-state index is 0.0742. The van der Waals surface area contributed by atoms with Crippen LogP contribution < -0.4 is 9.47 Å². The molecule has 118 valence electrons.